The summed E-state index contributed by atoms with van der Waals surface area (Å²) in [7, 11) is 0. The molecular formula is C16H13N. The molecule has 0 aliphatic rings. The van der Waals surface area contributed by atoms with Crippen molar-refractivity contribution in [3.63, 3.8) is 0 Å². The maximum absolute atomic E-state index is 8.22. The van der Waals surface area contributed by atoms with Crippen LogP contribution in [0.15, 0.2) is 66.6 Å². The van der Waals surface area contributed by atoms with Gasteiger partial charge in [0, 0.05) is 5.69 Å². The normalized spacial score (nSPS) is 16.4. The molecular weight excluding hydrogens is 206 g/mol. The fourth-order valence-corrected chi connectivity index (χ4v) is 1.72. The zero-order chi connectivity index (χ0) is 17.8. The van der Waals surface area contributed by atoms with Gasteiger partial charge >= 0.3 is 0 Å². The molecule has 82 valence electrons. The van der Waals surface area contributed by atoms with Crippen molar-refractivity contribution in [1.29, 1.82) is 0 Å². The van der Waals surface area contributed by atoms with Gasteiger partial charge in [-0.15, -0.1) is 0 Å². The molecule has 0 amide bonds. The van der Waals surface area contributed by atoms with Crippen LogP contribution in [-0.2, 0) is 0 Å². The number of anilines is 1. The summed E-state index contributed by atoms with van der Waals surface area (Å²) in [4.78, 5) is 0. The van der Waals surface area contributed by atoms with Crippen LogP contribution in [0.3, 0.4) is 0 Å². The molecule has 2 N–H and O–H groups in total. The van der Waals surface area contributed by atoms with E-state index in [1.165, 1.54) is 0 Å². The van der Waals surface area contributed by atoms with Gasteiger partial charge in [0.2, 0.25) is 0 Å². The van der Waals surface area contributed by atoms with Crippen LogP contribution in [-0.4, -0.2) is 0 Å². The summed E-state index contributed by atoms with van der Waals surface area (Å²) in [6.45, 7) is 0. The van der Waals surface area contributed by atoms with Crippen molar-refractivity contribution in [2.45, 2.75) is 0 Å². The number of fused-ring (bicyclic) bond motifs is 1. The second-order valence-electron chi connectivity index (χ2n) is 3.63. The molecule has 3 aromatic carbocycles. The Hall–Kier alpha value is -2.28. The van der Waals surface area contributed by atoms with Crippen molar-refractivity contribution in [2.24, 2.45) is 0 Å². The predicted octanol–water partition coefficient (Wildman–Crippen LogP) is 4.09. The predicted molar refractivity (Wildman–Crippen MR) is 73.8 cm³/mol. The lowest BCUT2D eigenvalue weighted by Gasteiger charge is -2.07. The van der Waals surface area contributed by atoms with Gasteiger partial charge in [-0.2, -0.15) is 0 Å². The third kappa shape index (κ3) is 1.76. The minimum atomic E-state index is -0.461. The zero-order valence-corrected chi connectivity index (χ0v) is 8.89. The number of nitrogens with two attached hydrogens (primary N) is 1. The van der Waals surface area contributed by atoms with E-state index in [9.17, 15) is 0 Å². The lowest BCUT2D eigenvalue weighted by atomic mass is 9.98. The Kier molecular flexibility index (Phi) is 1.14. The molecule has 0 aromatic heterocycles. The number of hydrogen-bond donors (Lipinski definition) is 1. The monoisotopic (exact) mass is 226 g/mol. The lowest BCUT2D eigenvalue weighted by Crippen LogP contribution is -1.86. The van der Waals surface area contributed by atoms with Gasteiger partial charge in [-0.25, -0.2) is 0 Å². The molecule has 0 heterocycles. The second kappa shape index (κ2) is 3.95. The molecule has 0 aliphatic carbocycles. The molecule has 1 nitrogen and oxygen atoms in total. The molecule has 0 bridgehead atoms. The van der Waals surface area contributed by atoms with Crippen molar-refractivity contribution in [3.05, 3.63) is 66.6 Å². The first-order chi connectivity index (χ1) is 11.3. The van der Waals surface area contributed by atoms with Crippen LogP contribution in [0.1, 0.15) is 9.60 Å². The summed E-state index contributed by atoms with van der Waals surface area (Å²) in [6, 6.07) is 3.93. The number of benzene rings is 3. The van der Waals surface area contributed by atoms with Gasteiger partial charge in [0.25, 0.3) is 0 Å². The Morgan fingerprint density at radius 3 is 2.65 bits per heavy atom. The van der Waals surface area contributed by atoms with Crippen LogP contribution in [0.2, 0.25) is 0 Å². The molecule has 17 heavy (non-hydrogen) atoms. The Bertz CT molecular complexity index is 990. The Morgan fingerprint density at radius 1 is 0.941 bits per heavy atom. The van der Waals surface area contributed by atoms with E-state index in [-0.39, 0.29) is 46.5 Å². The highest BCUT2D eigenvalue weighted by Crippen LogP contribution is 2.29. The van der Waals surface area contributed by atoms with Gasteiger partial charge in [-0.3, -0.25) is 0 Å². The Morgan fingerprint density at radius 2 is 1.76 bits per heavy atom. The van der Waals surface area contributed by atoms with E-state index in [1.807, 2.05) is 0 Å². The summed E-state index contributed by atoms with van der Waals surface area (Å²) in [6.07, 6.45) is 0. The highest BCUT2D eigenvalue weighted by Gasteiger charge is 2.02. The minimum Gasteiger partial charge on any atom is -0.399 e. The summed E-state index contributed by atoms with van der Waals surface area (Å²) in [5.74, 6) is 0. The molecule has 0 saturated carbocycles. The molecule has 0 atom stereocenters. The minimum absolute atomic E-state index is 0.0561. The summed E-state index contributed by atoms with van der Waals surface area (Å²) < 4.78 is 56.2. The first-order valence-corrected chi connectivity index (χ1v) is 5.11. The molecule has 3 rings (SSSR count). The van der Waals surface area contributed by atoms with E-state index < -0.39 is 12.1 Å². The lowest BCUT2D eigenvalue weighted by molar-refractivity contribution is 1.64. The molecule has 3 aromatic rings. The Balaban J connectivity index is 2.64. The van der Waals surface area contributed by atoms with Gasteiger partial charge in [0.1, 0.15) is 0 Å². The summed E-state index contributed by atoms with van der Waals surface area (Å²) >= 11 is 0. The van der Waals surface area contributed by atoms with Crippen molar-refractivity contribution in [1.82, 2.24) is 0 Å². The largest absolute Gasteiger partial charge is 0.399 e. The van der Waals surface area contributed by atoms with Gasteiger partial charge < -0.3 is 5.73 Å². The van der Waals surface area contributed by atoms with Crippen LogP contribution < -0.4 is 5.73 Å². The van der Waals surface area contributed by atoms with Crippen LogP contribution >= 0.6 is 0 Å². The summed E-state index contributed by atoms with van der Waals surface area (Å²) in [5, 5.41) is 0.0111. The van der Waals surface area contributed by atoms with Crippen LogP contribution in [0.4, 0.5) is 5.69 Å². The molecule has 1 heteroatoms. The highest BCUT2D eigenvalue weighted by atomic mass is 14.5. The van der Waals surface area contributed by atoms with E-state index in [2.05, 4.69) is 0 Å². The standard InChI is InChI=1S/C16H13N/c17-14-8-3-7-13(11-14)16-10-4-6-12-5-1-2-9-15(12)16/h1-11H,17H2/i1D,2D,4D,5D,6D,9D,10D. The average molecular weight is 226 g/mol. The maximum Gasteiger partial charge on any atom is 0.0629 e. The molecule has 0 saturated heterocycles. The zero-order valence-electron chi connectivity index (χ0n) is 15.9. The number of nitrogen functional groups attached to an aromatic ring is 1. The highest BCUT2D eigenvalue weighted by molar-refractivity contribution is 5.96. The van der Waals surface area contributed by atoms with Crippen molar-refractivity contribution < 1.29 is 9.60 Å². The quantitative estimate of drug-likeness (QED) is 0.621. The van der Waals surface area contributed by atoms with Crippen LogP contribution in [0, 0.1) is 0 Å². The number of rotatable bonds is 1. The SMILES string of the molecule is [2H]c1c([2H])c([2H])c2c(-c3cccc(N)c3)c([2H])c([2H])c([2H])c2c1[2H]. The smallest absolute Gasteiger partial charge is 0.0629 e. The van der Waals surface area contributed by atoms with E-state index in [0.717, 1.165) is 0 Å². The van der Waals surface area contributed by atoms with Crippen molar-refractivity contribution in [2.75, 3.05) is 5.73 Å². The molecule has 0 unspecified atom stereocenters. The Labute approximate surface area is 110 Å². The van der Waals surface area contributed by atoms with E-state index >= 15 is 0 Å². The number of hydrogen-bond acceptors (Lipinski definition) is 1. The fourth-order valence-electron chi connectivity index (χ4n) is 1.72. The van der Waals surface area contributed by atoms with E-state index in [4.69, 9.17) is 15.3 Å². The van der Waals surface area contributed by atoms with Gasteiger partial charge in [-0.1, -0.05) is 54.4 Å². The molecule has 0 fully saturated rings. The van der Waals surface area contributed by atoms with Gasteiger partial charge in [0.05, 0.1) is 9.60 Å². The van der Waals surface area contributed by atoms with Crippen LogP contribution in [0.25, 0.3) is 21.9 Å². The first-order valence-electron chi connectivity index (χ1n) is 8.61. The van der Waals surface area contributed by atoms with E-state index in [1.54, 1.807) is 24.3 Å². The maximum atomic E-state index is 8.22. The molecule has 0 aliphatic heterocycles. The molecule has 0 radical (unpaired) electrons. The first kappa shape index (κ1) is 4.92. The van der Waals surface area contributed by atoms with Crippen molar-refractivity contribution >= 4 is 16.5 Å². The second-order valence-corrected chi connectivity index (χ2v) is 3.63. The van der Waals surface area contributed by atoms with Gasteiger partial charge in [-0.05, 0) is 34.0 Å². The molecule has 0 spiro atoms. The fraction of sp³-hybridized carbons (Fsp3) is 0. The van der Waals surface area contributed by atoms with Gasteiger partial charge in [0.15, 0.2) is 0 Å². The van der Waals surface area contributed by atoms with Crippen molar-refractivity contribution in [3.8, 4) is 11.1 Å². The van der Waals surface area contributed by atoms with E-state index in [0.29, 0.717) is 11.3 Å². The average Bonchev–Trinajstić information content (AvgIpc) is 2.55. The summed E-state index contributed by atoms with van der Waals surface area (Å²) in [5.41, 5.74) is 6.88. The van der Waals surface area contributed by atoms with Crippen LogP contribution in [0.5, 0.6) is 0 Å². The third-order valence-corrected chi connectivity index (χ3v) is 2.49. The third-order valence-electron chi connectivity index (χ3n) is 2.49. The topological polar surface area (TPSA) is 26.0 Å².